The molecule has 0 saturated carbocycles. The highest BCUT2D eigenvalue weighted by atomic mass is 35.5. The minimum absolute atomic E-state index is 0.00873. The molecule has 0 fully saturated rings. The van der Waals surface area contributed by atoms with Crippen molar-refractivity contribution in [2.45, 2.75) is 0 Å². The fourth-order valence-corrected chi connectivity index (χ4v) is 1.60. The lowest BCUT2D eigenvalue weighted by molar-refractivity contribution is -0.385. The summed E-state index contributed by atoms with van der Waals surface area (Å²) in [7, 11) is 0. The Labute approximate surface area is 118 Å². The first-order valence-electron chi connectivity index (χ1n) is 5.39. The smallest absolute Gasteiger partial charge is 0.311 e. The summed E-state index contributed by atoms with van der Waals surface area (Å²) < 4.78 is 5.34. The van der Waals surface area contributed by atoms with Crippen LogP contribution < -0.4 is 10.5 Å². The number of nitrogens with zero attached hydrogens (tertiary/aromatic N) is 2. The summed E-state index contributed by atoms with van der Waals surface area (Å²) in [4.78, 5) is 14.2. The van der Waals surface area contributed by atoms with Gasteiger partial charge in [0.2, 0.25) is 11.6 Å². The topological polar surface area (TPSA) is 115 Å². The molecule has 8 heteroatoms. The van der Waals surface area contributed by atoms with Crippen LogP contribution >= 0.6 is 11.6 Å². The van der Waals surface area contributed by atoms with Gasteiger partial charge in [0, 0.05) is 35.0 Å². The Morgan fingerprint density at radius 1 is 1.40 bits per heavy atom. The van der Waals surface area contributed by atoms with E-state index in [1.54, 1.807) is 0 Å². The molecule has 2 aromatic rings. The van der Waals surface area contributed by atoms with Crippen molar-refractivity contribution in [2.75, 3.05) is 0 Å². The summed E-state index contributed by atoms with van der Waals surface area (Å²) in [5.41, 5.74) is 5.51. The predicted molar refractivity (Wildman–Crippen MR) is 73.4 cm³/mol. The van der Waals surface area contributed by atoms with Crippen LogP contribution in [0.3, 0.4) is 0 Å². The Bertz CT molecular complexity index is 673. The predicted octanol–water partition coefficient (Wildman–Crippen LogP) is 2.72. The van der Waals surface area contributed by atoms with Crippen molar-refractivity contribution in [3.63, 3.8) is 0 Å². The molecule has 0 bridgehead atoms. The van der Waals surface area contributed by atoms with Crippen molar-refractivity contribution in [1.29, 1.82) is 5.41 Å². The van der Waals surface area contributed by atoms with Crippen LogP contribution in [0, 0.1) is 15.5 Å². The number of pyridine rings is 1. The molecular formula is C12H9ClN4O3. The number of nitro groups is 1. The van der Waals surface area contributed by atoms with Gasteiger partial charge in [-0.2, -0.15) is 0 Å². The molecule has 0 saturated heterocycles. The Hall–Kier alpha value is -2.67. The lowest BCUT2D eigenvalue weighted by Gasteiger charge is -2.06. The zero-order valence-electron chi connectivity index (χ0n) is 10.0. The number of benzene rings is 1. The second-order valence-electron chi connectivity index (χ2n) is 3.77. The third-order valence-corrected chi connectivity index (χ3v) is 2.62. The molecule has 0 aliphatic rings. The van der Waals surface area contributed by atoms with Crippen molar-refractivity contribution in [3.8, 4) is 11.6 Å². The van der Waals surface area contributed by atoms with Crippen LogP contribution in [0.2, 0.25) is 5.02 Å². The molecule has 2 rings (SSSR count). The van der Waals surface area contributed by atoms with Gasteiger partial charge in [-0.25, -0.2) is 4.98 Å². The van der Waals surface area contributed by atoms with Crippen LogP contribution in [0.15, 0.2) is 36.5 Å². The van der Waals surface area contributed by atoms with Gasteiger partial charge in [-0.15, -0.1) is 0 Å². The maximum Gasteiger partial charge on any atom is 0.311 e. The molecule has 7 nitrogen and oxygen atoms in total. The molecule has 1 aromatic carbocycles. The second kappa shape index (κ2) is 5.54. The normalized spacial score (nSPS) is 10.1. The van der Waals surface area contributed by atoms with Crippen LogP contribution in [0.25, 0.3) is 0 Å². The van der Waals surface area contributed by atoms with Gasteiger partial charge < -0.3 is 10.5 Å². The minimum atomic E-state index is -0.574. The molecule has 0 unspecified atom stereocenters. The van der Waals surface area contributed by atoms with Crippen molar-refractivity contribution in [3.05, 3.63) is 57.2 Å². The number of aromatic nitrogens is 1. The van der Waals surface area contributed by atoms with Crippen LogP contribution in [0.4, 0.5) is 5.69 Å². The van der Waals surface area contributed by atoms with E-state index in [2.05, 4.69) is 4.98 Å². The van der Waals surface area contributed by atoms with E-state index >= 15 is 0 Å². The lowest BCUT2D eigenvalue weighted by atomic mass is 10.2. The summed E-state index contributed by atoms with van der Waals surface area (Å²) in [6.07, 6.45) is 1.34. The average molecular weight is 293 g/mol. The second-order valence-corrected chi connectivity index (χ2v) is 4.21. The van der Waals surface area contributed by atoms with Gasteiger partial charge >= 0.3 is 5.69 Å². The van der Waals surface area contributed by atoms with E-state index in [-0.39, 0.29) is 23.2 Å². The third kappa shape index (κ3) is 3.01. The molecule has 1 heterocycles. The summed E-state index contributed by atoms with van der Waals surface area (Å²) >= 11 is 5.79. The van der Waals surface area contributed by atoms with E-state index in [0.29, 0.717) is 10.6 Å². The molecule has 0 atom stereocenters. The van der Waals surface area contributed by atoms with E-state index in [4.69, 9.17) is 27.5 Å². The van der Waals surface area contributed by atoms with Gasteiger partial charge in [0.15, 0.2) is 0 Å². The number of nitro benzene ring substituents is 1. The van der Waals surface area contributed by atoms with Crippen molar-refractivity contribution >= 4 is 23.1 Å². The lowest BCUT2D eigenvalue weighted by Crippen LogP contribution is -2.11. The van der Waals surface area contributed by atoms with E-state index in [0.717, 1.165) is 0 Å². The van der Waals surface area contributed by atoms with E-state index in [9.17, 15) is 10.1 Å². The molecule has 3 N–H and O–H groups in total. The number of amidine groups is 1. The number of hydrogen-bond acceptors (Lipinski definition) is 5. The van der Waals surface area contributed by atoms with Gasteiger partial charge in [-0.1, -0.05) is 11.6 Å². The molecule has 0 spiro atoms. The SMILES string of the molecule is N=C(N)c1ccc(Oc2cc(Cl)ccc2[N+](=O)[O-])nc1. The highest BCUT2D eigenvalue weighted by molar-refractivity contribution is 6.30. The first-order chi connectivity index (χ1) is 9.47. The first kappa shape index (κ1) is 13.8. The number of halogens is 1. The van der Waals surface area contributed by atoms with E-state index in [1.165, 1.54) is 36.5 Å². The van der Waals surface area contributed by atoms with Gasteiger partial charge in [-0.3, -0.25) is 15.5 Å². The van der Waals surface area contributed by atoms with Crippen molar-refractivity contribution in [1.82, 2.24) is 4.98 Å². The van der Waals surface area contributed by atoms with Crippen LogP contribution in [0.1, 0.15) is 5.56 Å². The Kier molecular flexibility index (Phi) is 3.81. The standard InChI is InChI=1S/C12H9ClN4O3/c13-8-2-3-9(17(18)19)10(5-8)20-11-4-1-7(6-16-11)12(14)15/h1-6H,(H3,14,15). The maximum atomic E-state index is 10.9. The number of hydrogen-bond donors (Lipinski definition) is 2. The van der Waals surface area contributed by atoms with Gasteiger partial charge in [0.1, 0.15) is 5.84 Å². The summed E-state index contributed by atoms with van der Waals surface area (Å²) in [6, 6.07) is 6.98. The highest BCUT2D eigenvalue weighted by Crippen LogP contribution is 2.32. The highest BCUT2D eigenvalue weighted by Gasteiger charge is 2.16. The summed E-state index contributed by atoms with van der Waals surface area (Å²) in [5, 5.41) is 18.4. The molecular weight excluding hydrogens is 284 g/mol. The summed E-state index contributed by atoms with van der Waals surface area (Å²) in [6.45, 7) is 0. The maximum absolute atomic E-state index is 10.9. The van der Waals surface area contributed by atoms with Gasteiger partial charge in [-0.05, 0) is 12.1 Å². The first-order valence-corrected chi connectivity index (χ1v) is 5.77. The summed E-state index contributed by atoms with van der Waals surface area (Å²) in [5.74, 6) is 0.00345. The molecule has 1 aromatic heterocycles. The van der Waals surface area contributed by atoms with Gasteiger partial charge in [0.25, 0.3) is 0 Å². The largest absolute Gasteiger partial charge is 0.432 e. The van der Waals surface area contributed by atoms with Crippen molar-refractivity contribution in [2.24, 2.45) is 5.73 Å². The van der Waals surface area contributed by atoms with Crippen LogP contribution in [0.5, 0.6) is 11.6 Å². The number of nitrogen functional groups attached to an aromatic ring is 1. The number of rotatable bonds is 4. The molecule has 20 heavy (non-hydrogen) atoms. The Balaban J connectivity index is 2.31. The monoisotopic (exact) mass is 292 g/mol. The number of nitrogens with one attached hydrogen (secondary N) is 1. The minimum Gasteiger partial charge on any atom is -0.432 e. The molecule has 0 aliphatic carbocycles. The number of ether oxygens (including phenoxy) is 1. The Morgan fingerprint density at radius 3 is 2.70 bits per heavy atom. The molecule has 0 amide bonds. The zero-order valence-corrected chi connectivity index (χ0v) is 10.8. The number of nitrogens with two attached hydrogens (primary N) is 1. The van der Waals surface area contributed by atoms with E-state index < -0.39 is 4.92 Å². The average Bonchev–Trinajstić information content (AvgIpc) is 2.39. The Morgan fingerprint density at radius 2 is 2.15 bits per heavy atom. The van der Waals surface area contributed by atoms with Crippen LogP contribution in [-0.2, 0) is 0 Å². The fourth-order valence-electron chi connectivity index (χ4n) is 1.43. The third-order valence-electron chi connectivity index (χ3n) is 2.38. The quantitative estimate of drug-likeness (QED) is 0.389. The van der Waals surface area contributed by atoms with Crippen LogP contribution in [-0.4, -0.2) is 15.7 Å². The fraction of sp³-hybridized carbons (Fsp3) is 0. The van der Waals surface area contributed by atoms with E-state index in [1.807, 2.05) is 0 Å². The van der Waals surface area contributed by atoms with Crippen molar-refractivity contribution < 1.29 is 9.66 Å². The van der Waals surface area contributed by atoms with Gasteiger partial charge in [0.05, 0.1) is 4.92 Å². The molecule has 102 valence electrons. The zero-order chi connectivity index (χ0) is 14.7. The molecule has 0 aliphatic heterocycles. The molecule has 0 radical (unpaired) electrons.